The van der Waals surface area contributed by atoms with Gasteiger partial charge in [-0.15, -0.1) is 0 Å². The number of hydrogen-bond acceptors (Lipinski definition) is 14. The monoisotopic (exact) mass is 1340 g/mol. The van der Waals surface area contributed by atoms with E-state index in [1.165, 1.54) is 21.3 Å². The van der Waals surface area contributed by atoms with Gasteiger partial charge in [-0.05, 0) is 94.8 Å². The fourth-order valence-corrected chi connectivity index (χ4v) is 12.8. The van der Waals surface area contributed by atoms with Crippen molar-refractivity contribution >= 4 is 74.6 Å². The molecule has 6 heterocycles. The van der Waals surface area contributed by atoms with Crippen molar-refractivity contribution in [2.24, 2.45) is 28.7 Å². The molecule has 0 spiro atoms. The zero-order valence-corrected chi connectivity index (χ0v) is 56.2. The number of esters is 1. The van der Waals surface area contributed by atoms with Gasteiger partial charge in [0, 0.05) is 47.6 Å². The Morgan fingerprint density at radius 1 is 0.543 bits per heavy atom. The molecule has 3 saturated heterocycles. The molecule has 4 aliphatic rings. The number of likely N-dealkylation sites (tertiary alicyclic amines) is 1. The molecule has 11 rings (SSSR count). The number of aromatic amines is 2. The number of carbonyl (C=O) groups is 6. The summed E-state index contributed by atoms with van der Waals surface area (Å²) in [5, 5.41) is 5.42. The third kappa shape index (κ3) is 15.6. The highest BCUT2D eigenvalue weighted by Crippen LogP contribution is 2.37. The lowest BCUT2D eigenvalue weighted by molar-refractivity contribution is -0.148. The Morgan fingerprint density at radius 2 is 1.00 bits per heavy atom. The molecule has 7 aromatic rings. The SMILES string of the molecule is COC(=O)C[C@H](C(=O)N1CN(c2ccccc2)C[C@H]1C1=NC(c2ccc(Br)cc2)=CC1)C(C)C.COC(=O)N[C@H](C(=O)N1CCC[C@H]1c1ncc(-c2ccc(-c3ccc(-c4cnc([C@@H]5CN(c6ccccc6)CN5C(=O)[C@@H](NC(=O)OC)C(C)C)[nH]4)cc3)cc2)[nH]1)C(C)C. The van der Waals surface area contributed by atoms with Gasteiger partial charge in [0.05, 0.1) is 88.6 Å². The van der Waals surface area contributed by atoms with Crippen LogP contribution in [0.1, 0.15) is 96.5 Å². The number of anilines is 2. The van der Waals surface area contributed by atoms with Crippen molar-refractivity contribution in [2.75, 3.05) is 64.1 Å². The van der Waals surface area contributed by atoms with Gasteiger partial charge in [0.1, 0.15) is 29.8 Å². The highest BCUT2D eigenvalue weighted by Gasteiger charge is 2.44. The smallest absolute Gasteiger partial charge is 0.407 e. The maximum absolute atomic E-state index is 14.1. The Hall–Kier alpha value is -9.57. The number of halogens is 1. The first-order valence-corrected chi connectivity index (χ1v) is 32.7. The summed E-state index contributed by atoms with van der Waals surface area (Å²) in [5.41, 5.74) is 10.7. The summed E-state index contributed by atoms with van der Waals surface area (Å²) in [7, 11) is 3.94. The van der Waals surface area contributed by atoms with Crippen LogP contribution in [0.4, 0.5) is 21.0 Å². The Morgan fingerprint density at radius 3 is 1.48 bits per heavy atom. The fourth-order valence-electron chi connectivity index (χ4n) is 12.5. The molecule has 94 heavy (non-hydrogen) atoms. The van der Waals surface area contributed by atoms with Crippen molar-refractivity contribution in [1.29, 1.82) is 0 Å². The van der Waals surface area contributed by atoms with Crippen LogP contribution in [0.15, 0.2) is 161 Å². The van der Waals surface area contributed by atoms with E-state index in [4.69, 9.17) is 24.2 Å². The molecule has 0 saturated carbocycles. The van der Waals surface area contributed by atoms with Gasteiger partial charge in [-0.25, -0.2) is 19.6 Å². The Labute approximate surface area is 557 Å². The van der Waals surface area contributed by atoms with E-state index < -0.39 is 30.2 Å². The van der Waals surface area contributed by atoms with Gasteiger partial charge < -0.3 is 59.3 Å². The summed E-state index contributed by atoms with van der Waals surface area (Å²) in [5.74, 6) is -0.0739. The Bertz CT molecular complexity index is 3840. The molecule has 4 aliphatic heterocycles. The maximum Gasteiger partial charge on any atom is 0.407 e. The number of para-hydroxylation sites is 2. The molecular weight excluding hydrogens is 1260 g/mol. The van der Waals surface area contributed by atoms with Crippen molar-refractivity contribution in [3.63, 3.8) is 0 Å². The summed E-state index contributed by atoms with van der Waals surface area (Å²) in [6.07, 6.45) is 6.83. The number of carbonyl (C=O) groups excluding carboxylic acids is 6. The van der Waals surface area contributed by atoms with Gasteiger partial charge in [-0.3, -0.25) is 24.2 Å². The average Bonchev–Trinajstić information content (AvgIpc) is 1.65. The van der Waals surface area contributed by atoms with Crippen LogP contribution < -0.4 is 20.4 Å². The number of H-pyrrole nitrogens is 2. The fraction of sp³-hybridized carbons (Fsp3) is 0.375. The maximum atomic E-state index is 14.1. The van der Waals surface area contributed by atoms with Crippen molar-refractivity contribution in [3.05, 3.63) is 174 Å². The second kappa shape index (κ2) is 30.5. The van der Waals surface area contributed by atoms with Gasteiger partial charge in [0.2, 0.25) is 17.7 Å². The van der Waals surface area contributed by atoms with Gasteiger partial charge in [0.25, 0.3) is 0 Å². The Balaban J connectivity index is 0.000000240. The third-order valence-electron chi connectivity index (χ3n) is 17.9. The van der Waals surface area contributed by atoms with Crippen LogP contribution in [0.2, 0.25) is 0 Å². The van der Waals surface area contributed by atoms with Crippen LogP contribution in [0.3, 0.4) is 0 Å². The molecular formula is C72H83BrN12O9. The normalized spacial score (nSPS) is 17.9. The number of hydrogen-bond donors (Lipinski definition) is 4. The zero-order chi connectivity index (χ0) is 66.7. The van der Waals surface area contributed by atoms with Gasteiger partial charge in [-0.2, -0.15) is 0 Å². The second-order valence-corrected chi connectivity index (χ2v) is 25.9. The average molecular weight is 1340 g/mol. The van der Waals surface area contributed by atoms with Crippen molar-refractivity contribution in [2.45, 2.75) is 97.4 Å². The second-order valence-electron chi connectivity index (χ2n) is 25.0. The number of aromatic nitrogens is 4. The number of aliphatic imine (C=N–C) groups is 1. The summed E-state index contributed by atoms with van der Waals surface area (Å²) >= 11 is 3.48. The van der Waals surface area contributed by atoms with Crippen molar-refractivity contribution < 1.29 is 43.0 Å². The summed E-state index contributed by atoms with van der Waals surface area (Å²) in [6.45, 7) is 14.1. The van der Waals surface area contributed by atoms with Crippen LogP contribution >= 0.6 is 15.9 Å². The van der Waals surface area contributed by atoms with Crippen LogP contribution in [0, 0.1) is 23.7 Å². The van der Waals surface area contributed by atoms with E-state index in [1.807, 2.05) is 144 Å². The molecule has 5 amide bonds. The first kappa shape index (κ1) is 67.3. The largest absolute Gasteiger partial charge is 0.469 e. The number of nitrogens with zero attached hydrogens (tertiary/aromatic N) is 8. The molecule has 6 atom stereocenters. The first-order valence-electron chi connectivity index (χ1n) is 31.9. The number of alkyl carbamates (subject to hydrolysis) is 2. The first-order chi connectivity index (χ1) is 45.3. The molecule has 0 aliphatic carbocycles. The number of benzene rings is 5. The molecule has 492 valence electrons. The molecule has 2 aromatic heterocycles. The number of rotatable bonds is 19. The van der Waals surface area contributed by atoms with E-state index in [-0.39, 0.29) is 66.0 Å². The number of ether oxygens (including phenoxy) is 3. The molecule has 5 aromatic carbocycles. The van der Waals surface area contributed by atoms with Crippen molar-refractivity contribution in [3.8, 4) is 33.6 Å². The summed E-state index contributed by atoms with van der Waals surface area (Å²) in [6, 6.07) is 42.4. The van der Waals surface area contributed by atoms with E-state index in [0.717, 1.165) is 79.3 Å². The van der Waals surface area contributed by atoms with Gasteiger partial charge in [-0.1, -0.05) is 161 Å². The van der Waals surface area contributed by atoms with Crippen LogP contribution in [0.5, 0.6) is 0 Å². The lowest BCUT2D eigenvalue weighted by Gasteiger charge is -2.30. The molecule has 3 fully saturated rings. The predicted octanol–water partition coefficient (Wildman–Crippen LogP) is 12.1. The minimum atomic E-state index is -0.773. The van der Waals surface area contributed by atoms with Gasteiger partial charge >= 0.3 is 18.2 Å². The molecule has 22 heteroatoms. The number of imidazole rings is 2. The summed E-state index contributed by atoms with van der Waals surface area (Å²) in [4.78, 5) is 109. The van der Waals surface area contributed by atoms with E-state index in [0.29, 0.717) is 51.0 Å². The highest BCUT2D eigenvalue weighted by atomic mass is 79.9. The molecule has 0 unspecified atom stereocenters. The molecule has 4 N–H and O–H groups in total. The molecule has 0 radical (unpaired) electrons. The summed E-state index contributed by atoms with van der Waals surface area (Å²) < 4.78 is 15.5. The van der Waals surface area contributed by atoms with E-state index in [1.54, 1.807) is 22.2 Å². The number of methoxy groups -OCH3 is 3. The Kier molecular flexibility index (Phi) is 21.8. The molecule has 21 nitrogen and oxygen atoms in total. The lowest BCUT2D eigenvalue weighted by atomic mass is 9.90. The van der Waals surface area contributed by atoms with Gasteiger partial charge in [0.15, 0.2) is 0 Å². The number of allylic oxidation sites excluding steroid dienone is 1. The lowest BCUT2D eigenvalue weighted by Crippen LogP contribution is -2.51. The topological polar surface area (TPSA) is 240 Å². The third-order valence-corrected chi connectivity index (χ3v) is 18.4. The zero-order valence-electron chi connectivity index (χ0n) is 54.6. The standard InChI is InChI=1S/C45H53N9O6.C27H30BrN3O3/c1-27(2)38(50-44(57)59-5)42(55)53-22-10-13-36(53)40-46-23-34(48-40)31-18-14-29(15-19-31)30-16-20-32(21-17-30)35-24-47-41(49-35)37-25-52(33-11-8-7-9-12-33)26-54(37)43(56)39(28(3)4)51-45(58)60-6;1-18(2)22(15-26(32)34-3)27(33)31-17-30(21-7-5-4-6-8-21)16-25(31)24-14-13-23(29-24)19-9-11-20(28)12-10-19/h7-9,11-12,14-21,23-24,27-28,36-39H,10,13,22,25-26H2,1-6H3,(H,46,48)(H,47,49)(H,50,57)(H,51,58);4-13,18,22,25H,14-17H2,1-3H3/t36-,37-,38-,39-;22-,25-/m00/s1. The van der Waals surface area contributed by atoms with E-state index >= 15 is 0 Å². The number of amides is 5. The van der Waals surface area contributed by atoms with Crippen LogP contribution in [0.25, 0.3) is 39.3 Å². The highest BCUT2D eigenvalue weighted by molar-refractivity contribution is 9.10. The minimum Gasteiger partial charge on any atom is -0.469 e. The van der Waals surface area contributed by atoms with E-state index in [2.05, 4.69) is 93.8 Å². The van der Waals surface area contributed by atoms with Crippen molar-refractivity contribution in [1.82, 2.24) is 45.3 Å². The van der Waals surface area contributed by atoms with E-state index in [9.17, 15) is 28.8 Å². The van der Waals surface area contributed by atoms with Crippen LogP contribution in [-0.2, 0) is 33.4 Å². The quantitative estimate of drug-likeness (QED) is 0.0436. The molecule has 0 bridgehead atoms. The predicted molar refractivity (Wildman–Crippen MR) is 366 cm³/mol. The number of nitrogens with one attached hydrogen (secondary N) is 4. The minimum absolute atomic E-state index is 0.0139. The van der Waals surface area contributed by atoms with Crippen LogP contribution in [-0.4, -0.2) is 149 Å².